The van der Waals surface area contributed by atoms with Crippen LogP contribution in [0, 0.1) is 5.82 Å². The van der Waals surface area contributed by atoms with E-state index in [-0.39, 0.29) is 22.5 Å². The van der Waals surface area contributed by atoms with E-state index in [4.69, 9.17) is 4.74 Å². The molecule has 7 heteroatoms. The van der Waals surface area contributed by atoms with Gasteiger partial charge in [-0.2, -0.15) is 0 Å². The third-order valence-corrected chi connectivity index (χ3v) is 5.04. The fourth-order valence-corrected chi connectivity index (χ4v) is 3.58. The summed E-state index contributed by atoms with van der Waals surface area (Å²) in [5, 5.41) is 11.0. The van der Waals surface area contributed by atoms with Crippen molar-refractivity contribution in [3.8, 4) is 5.75 Å². The van der Waals surface area contributed by atoms with Gasteiger partial charge in [-0.05, 0) is 42.5 Å². The number of hydrogen-bond acceptors (Lipinski definition) is 5. The number of hydrogen-bond donors (Lipinski definition) is 1. The van der Waals surface area contributed by atoms with E-state index in [0.29, 0.717) is 12.4 Å². The molecule has 32 heavy (non-hydrogen) atoms. The standard InChI is InChI=1S/C25H19FN2O4/c1-2-15-32-17-12-10-16(11-13-17)23(29)21-22(18-7-3-4-8-19(18)26)28(25(31)24(21)30)20-9-5-6-14-27-20/h2-14,22,29H,1,15H2/b23-21-. The molecule has 0 aliphatic carbocycles. The lowest BCUT2D eigenvalue weighted by molar-refractivity contribution is -0.132. The molecule has 1 aliphatic rings. The number of benzene rings is 2. The van der Waals surface area contributed by atoms with Gasteiger partial charge >= 0.3 is 5.91 Å². The van der Waals surface area contributed by atoms with E-state index in [1.807, 2.05) is 0 Å². The number of rotatable bonds is 6. The highest BCUT2D eigenvalue weighted by atomic mass is 19.1. The number of pyridine rings is 1. The molecule has 1 aromatic heterocycles. The van der Waals surface area contributed by atoms with Crippen molar-refractivity contribution in [2.45, 2.75) is 6.04 Å². The second-order valence-corrected chi connectivity index (χ2v) is 7.00. The van der Waals surface area contributed by atoms with Gasteiger partial charge in [0.15, 0.2) is 0 Å². The molecule has 0 bridgehead atoms. The third-order valence-electron chi connectivity index (χ3n) is 5.04. The lowest BCUT2D eigenvalue weighted by Crippen LogP contribution is -2.30. The molecule has 1 atom stereocenters. The molecular formula is C25H19FN2O4. The van der Waals surface area contributed by atoms with Crippen LogP contribution < -0.4 is 9.64 Å². The van der Waals surface area contributed by atoms with Crippen LogP contribution in [0.15, 0.2) is 91.2 Å². The summed E-state index contributed by atoms with van der Waals surface area (Å²) in [5.74, 6) is -2.13. The van der Waals surface area contributed by atoms with E-state index in [1.165, 1.54) is 24.4 Å². The summed E-state index contributed by atoms with van der Waals surface area (Å²) in [4.78, 5) is 31.2. The van der Waals surface area contributed by atoms with Crippen molar-refractivity contribution in [2.24, 2.45) is 0 Å². The number of Topliss-reactive ketones (excluding diaryl/α,β-unsaturated/α-hetero) is 1. The lowest BCUT2D eigenvalue weighted by atomic mass is 9.95. The minimum atomic E-state index is -1.18. The first-order valence-electron chi connectivity index (χ1n) is 9.83. The molecule has 0 saturated carbocycles. The molecule has 1 N–H and O–H groups in total. The number of carbonyl (C=O) groups excluding carboxylic acids is 2. The van der Waals surface area contributed by atoms with Gasteiger partial charge in [-0.1, -0.05) is 36.9 Å². The predicted octanol–water partition coefficient (Wildman–Crippen LogP) is 4.41. The van der Waals surface area contributed by atoms with Crippen molar-refractivity contribution < 1.29 is 23.8 Å². The number of aliphatic hydroxyl groups excluding tert-OH is 1. The van der Waals surface area contributed by atoms with E-state index in [9.17, 15) is 19.1 Å². The first-order chi connectivity index (χ1) is 15.5. The van der Waals surface area contributed by atoms with Gasteiger partial charge in [0.1, 0.15) is 29.8 Å². The maximum absolute atomic E-state index is 14.8. The highest BCUT2D eigenvalue weighted by molar-refractivity contribution is 6.51. The average Bonchev–Trinajstić information content (AvgIpc) is 3.08. The smallest absolute Gasteiger partial charge is 0.301 e. The van der Waals surface area contributed by atoms with E-state index in [1.54, 1.807) is 54.6 Å². The van der Waals surface area contributed by atoms with Crippen molar-refractivity contribution in [1.82, 2.24) is 4.98 Å². The quantitative estimate of drug-likeness (QED) is 0.271. The van der Waals surface area contributed by atoms with Crippen LogP contribution in [0.3, 0.4) is 0 Å². The van der Waals surface area contributed by atoms with E-state index >= 15 is 0 Å². The second kappa shape index (κ2) is 8.85. The van der Waals surface area contributed by atoms with Crippen LogP contribution in [-0.2, 0) is 9.59 Å². The number of aromatic nitrogens is 1. The predicted molar refractivity (Wildman–Crippen MR) is 118 cm³/mol. The summed E-state index contributed by atoms with van der Waals surface area (Å²) in [5.41, 5.74) is 0.145. The molecule has 0 radical (unpaired) electrons. The molecule has 160 valence electrons. The van der Waals surface area contributed by atoms with Crippen LogP contribution in [-0.4, -0.2) is 28.4 Å². The van der Waals surface area contributed by atoms with Crippen LogP contribution in [0.25, 0.3) is 5.76 Å². The van der Waals surface area contributed by atoms with Crippen molar-refractivity contribution in [3.05, 3.63) is 108 Å². The zero-order chi connectivity index (χ0) is 22.7. The number of halogens is 1. The molecule has 1 aliphatic heterocycles. The number of amides is 1. The van der Waals surface area contributed by atoms with Gasteiger partial charge in [-0.3, -0.25) is 14.5 Å². The molecular weight excluding hydrogens is 411 g/mol. The number of aliphatic hydroxyl groups is 1. The first-order valence-corrected chi connectivity index (χ1v) is 9.83. The van der Waals surface area contributed by atoms with Crippen LogP contribution in [0.2, 0.25) is 0 Å². The summed E-state index contributed by atoms with van der Waals surface area (Å²) in [6.45, 7) is 3.90. The molecule has 4 rings (SSSR count). The van der Waals surface area contributed by atoms with Gasteiger partial charge in [0, 0.05) is 17.3 Å². The van der Waals surface area contributed by atoms with E-state index in [2.05, 4.69) is 11.6 Å². The van der Waals surface area contributed by atoms with Gasteiger partial charge in [0.2, 0.25) is 0 Å². The summed E-state index contributed by atoms with van der Waals surface area (Å²) in [6, 6.07) is 15.8. The van der Waals surface area contributed by atoms with Gasteiger partial charge in [0.05, 0.1) is 11.6 Å². The Morgan fingerprint density at radius 3 is 2.47 bits per heavy atom. The zero-order valence-corrected chi connectivity index (χ0v) is 16.9. The Bertz CT molecular complexity index is 1210. The van der Waals surface area contributed by atoms with Crippen molar-refractivity contribution in [3.63, 3.8) is 0 Å². The molecule has 3 aromatic rings. The maximum Gasteiger partial charge on any atom is 0.301 e. The van der Waals surface area contributed by atoms with Crippen LogP contribution in [0.4, 0.5) is 10.2 Å². The Morgan fingerprint density at radius 2 is 1.81 bits per heavy atom. The summed E-state index contributed by atoms with van der Waals surface area (Å²) < 4.78 is 20.2. The number of ketones is 1. The zero-order valence-electron chi connectivity index (χ0n) is 16.9. The number of nitrogens with zero attached hydrogens (tertiary/aromatic N) is 2. The normalized spacial score (nSPS) is 17.4. The van der Waals surface area contributed by atoms with Crippen LogP contribution >= 0.6 is 0 Å². The minimum Gasteiger partial charge on any atom is -0.507 e. The fourth-order valence-electron chi connectivity index (χ4n) is 3.58. The molecule has 1 unspecified atom stereocenters. The highest BCUT2D eigenvalue weighted by Crippen LogP contribution is 2.42. The Hall–Kier alpha value is -4.26. The molecule has 2 heterocycles. The van der Waals surface area contributed by atoms with Gasteiger partial charge < -0.3 is 9.84 Å². The number of carbonyl (C=O) groups is 2. The first kappa shape index (κ1) is 21.0. The average molecular weight is 430 g/mol. The summed E-state index contributed by atoms with van der Waals surface area (Å²) in [7, 11) is 0. The van der Waals surface area contributed by atoms with Crippen LogP contribution in [0.5, 0.6) is 5.75 Å². The molecule has 0 spiro atoms. The third kappa shape index (κ3) is 3.76. The molecule has 2 aromatic carbocycles. The summed E-state index contributed by atoms with van der Waals surface area (Å²) >= 11 is 0. The number of ether oxygens (including phenoxy) is 1. The number of anilines is 1. The monoisotopic (exact) mass is 430 g/mol. The topological polar surface area (TPSA) is 79.7 Å². The Labute approximate surface area is 183 Å². The summed E-state index contributed by atoms with van der Waals surface area (Å²) in [6.07, 6.45) is 3.07. The lowest BCUT2D eigenvalue weighted by Gasteiger charge is -2.24. The largest absolute Gasteiger partial charge is 0.507 e. The Kier molecular flexibility index (Phi) is 5.81. The van der Waals surface area contributed by atoms with E-state index < -0.39 is 29.3 Å². The van der Waals surface area contributed by atoms with Gasteiger partial charge in [0.25, 0.3) is 5.78 Å². The molecule has 6 nitrogen and oxygen atoms in total. The maximum atomic E-state index is 14.8. The van der Waals surface area contributed by atoms with Crippen LogP contribution in [0.1, 0.15) is 17.2 Å². The van der Waals surface area contributed by atoms with E-state index in [0.717, 1.165) is 4.90 Å². The van der Waals surface area contributed by atoms with Gasteiger partial charge in [-0.25, -0.2) is 9.37 Å². The Morgan fingerprint density at radius 1 is 1.09 bits per heavy atom. The van der Waals surface area contributed by atoms with Crippen molar-refractivity contribution >= 4 is 23.3 Å². The molecule has 1 saturated heterocycles. The molecule has 1 fully saturated rings. The van der Waals surface area contributed by atoms with Crippen molar-refractivity contribution in [1.29, 1.82) is 0 Å². The SMILES string of the molecule is C=CCOc1ccc(/C(O)=C2/C(=O)C(=O)N(c3ccccn3)C2c2ccccc2F)cc1. The Balaban J connectivity index is 1.87. The van der Waals surface area contributed by atoms with Gasteiger partial charge in [-0.15, -0.1) is 0 Å². The van der Waals surface area contributed by atoms with Crippen molar-refractivity contribution in [2.75, 3.05) is 11.5 Å². The molecule has 1 amide bonds. The fraction of sp³-hybridized carbons (Fsp3) is 0.0800. The second-order valence-electron chi connectivity index (χ2n) is 7.00. The highest BCUT2D eigenvalue weighted by Gasteiger charge is 2.48. The minimum absolute atomic E-state index is 0.0739.